The molecule has 2 aromatic carbocycles. The van der Waals surface area contributed by atoms with Gasteiger partial charge in [-0.15, -0.1) is 0 Å². The van der Waals surface area contributed by atoms with Crippen molar-refractivity contribution in [2.45, 2.75) is 45.2 Å². The number of aryl methyl sites for hydroxylation is 1. The lowest BCUT2D eigenvalue weighted by Crippen LogP contribution is -2.47. The Bertz CT molecular complexity index is 1350. The maximum atomic E-state index is 13.8. The Morgan fingerprint density at radius 3 is 2.54 bits per heavy atom. The van der Waals surface area contributed by atoms with Gasteiger partial charge in [0.15, 0.2) is 0 Å². The number of amides is 3. The highest BCUT2D eigenvalue weighted by atomic mass is 35.5. The zero-order valence-electron chi connectivity index (χ0n) is 22.0. The van der Waals surface area contributed by atoms with Crippen LogP contribution in [-0.2, 0) is 11.3 Å². The van der Waals surface area contributed by atoms with Gasteiger partial charge in [-0.1, -0.05) is 36.2 Å². The Morgan fingerprint density at radius 1 is 1.05 bits per heavy atom. The van der Waals surface area contributed by atoms with Crippen LogP contribution in [0.3, 0.4) is 0 Å². The monoisotopic (exact) mass is 545 g/mol. The molecule has 9 heteroatoms. The first-order valence-corrected chi connectivity index (χ1v) is 13.7. The quantitative estimate of drug-likeness (QED) is 0.429. The number of nitrogens with one attached hydrogen (secondary N) is 2. The largest absolute Gasteiger partial charge is 0.323 e. The van der Waals surface area contributed by atoms with Crippen molar-refractivity contribution in [1.29, 1.82) is 0 Å². The van der Waals surface area contributed by atoms with E-state index in [1.54, 1.807) is 47.5 Å². The third-order valence-electron chi connectivity index (χ3n) is 7.30. The van der Waals surface area contributed by atoms with Crippen molar-refractivity contribution < 1.29 is 14.4 Å². The number of fused-ring (bicyclic) bond motifs is 1. The lowest BCUT2D eigenvalue weighted by atomic mass is 10.1. The summed E-state index contributed by atoms with van der Waals surface area (Å²) in [4.78, 5) is 48.1. The van der Waals surface area contributed by atoms with Crippen molar-refractivity contribution >= 4 is 40.8 Å². The van der Waals surface area contributed by atoms with Crippen LogP contribution in [-0.4, -0.2) is 58.2 Å². The van der Waals surface area contributed by atoms with Crippen molar-refractivity contribution in [2.75, 3.05) is 30.3 Å². The normalized spacial score (nSPS) is 17.8. The van der Waals surface area contributed by atoms with Gasteiger partial charge in [0.25, 0.3) is 11.8 Å². The van der Waals surface area contributed by atoms with Gasteiger partial charge in [0.2, 0.25) is 5.91 Å². The Morgan fingerprint density at radius 2 is 1.82 bits per heavy atom. The van der Waals surface area contributed by atoms with Gasteiger partial charge in [-0.3, -0.25) is 14.4 Å². The molecule has 1 fully saturated rings. The Hall–Kier alpha value is -3.75. The average Bonchev–Trinajstić information content (AvgIpc) is 3.03. The molecule has 0 aliphatic carbocycles. The Labute approximate surface area is 233 Å². The third-order valence-corrected chi connectivity index (χ3v) is 7.53. The second-order valence-corrected chi connectivity index (χ2v) is 10.6. The molecule has 2 aliphatic rings. The number of rotatable bonds is 7. The minimum Gasteiger partial charge on any atom is -0.323 e. The summed E-state index contributed by atoms with van der Waals surface area (Å²) in [5.74, 6) is -0.238. The summed E-state index contributed by atoms with van der Waals surface area (Å²) >= 11 is 6.17. The molecular formula is C30H32ClN5O3. The van der Waals surface area contributed by atoms with E-state index in [1.165, 1.54) is 6.42 Å². The number of aromatic nitrogens is 1. The number of nitrogens with zero attached hydrogens (tertiary/aromatic N) is 3. The van der Waals surface area contributed by atoms with Crippen molar-refractivity contribution in [3.63, 3.8) is 0 Å². The molecule has 3 aromatic rings. The van der Waals surface area contributed by atoms with Crippen LogP contribution in [0, 0.1) is 6.92 Å². The third kappa shape index (κ3) is 6.46. The SMILES string of the molecule is Cc1ccc(NC(=O)c2ccc(CN3C(=O)c4ccc(Cl)cc4NC(=O)C3CCN3CCCCC3)cc2)nc1. The average molecular weight is 546 g/mol. The van der Waals surface area contributed by atoms with E-state index in [-0.39, 0.29) is 24.3 Å². The molecule has 1 atom stereocenters. The standard InChI is InChI=1S/C30H32ClN5O3/c1-20-5-12-27(32-18-20)34-28(37)22-8-6-21(7-9-22)19-36-26(13-16-35-14-3-2-4-15-35)29(38)33-25-17-23(31)10-11-24(25)30(36)39/h5-12,17-18,26H,2-4,13-16,19H2,1H3,(H,33,38)(H,32,34,37). The number of carbonyl (C=O) groups is 3. The van der Waals surface area contributed by atoms with Gasteiger partial charge in [0.1, 0.15) is 11.9 Å². The first kappa shape index (κ1) is 26.8. The zero-order valence-corrected chi connectivity index (χ0v) is 22.7. The van der Waals surface area contributed by atoms with Gasteiger partial charge in [0.05, 0.1) is 11.3 Å². The molecule has 0 spiro atoms. The molecule has 8 nitrogen and oxygen atoms in total. The lowest BCUT2D eigenvalue weighted by Gasteiger charge is -2.32. The van der Waals surface area contributed by atoms with E-state index in [0.29, 0.717) is 34.1 Å². The van der Waals surface area contributed by atoms with Crippen LogP contribution in [0.15, 0.2) is 60.8 Å². The molecule has 202 valence electrons. The smallest absolute Gasteiger partial charge is 0.256 e. The van der Waals surface area contributed by atoms with Crippen LogP contribution in [0.25, 0.3) is 0 Å². The van der Waals surface area contributed by atoms with Crippen LogP contribution >= 0.6 is 11.6 Å². The molecule has 3 amide bonds. The van der Waals surface area contributed by atoms with Crippen LogP contribution in [0.4, 0.5) is 11.5 Å². The highest BCUT2D eigenvalue weighted by Crippen LogP contribution is 2.29. The van der Waals surface area contributed by atoms with E-state index < -0.39 is 6.04 Å². The van der Waals surface area contributed by atoms with Gasteiger partial charge in [-0.2, -0.15) is 0 Å². The van der Waals surface area contributed by atoms with Gasteiger partial charge in [0, 0.05) is 29.9 Å². The second-order valence-electron chi connectivity index (χ2n) is 10.2. The molecule has 3 heterocycles. The van der Waals surface area contributed by atoms with E-state index in [2.05, 4.69) is 20.5 Å². The van der Waals surface area contributed by atoms with Gasteiger partial charge < -0.3 is 20.4 Å². The lowest BCUT2D eigenvalue weighted by molar-refractivity contribution is -0.121. The Kier molecular flexibility index (Phi) is 8.24. The van der Waals surface area contributed by atoms with Gasteiger partial charge >= 0.3 is 0 Å². The zero-order chi connectivity index (χ0) is 27.4. The van der Waals surface area contributed by atoms with Crippen molar-refractivity contribution in [3.8, 4) is 0 Å². The fourth-order valence-corrected chi connectivity index (χ4v) is 5.28. The number of likely N-dealkylation sites (tertiary alicyclic amines) is 1. The molecule has 0 radical (unpaired) electrons. The van der Waals surface area contributed by atoms with E-state index in [1.807, 2.05) is 25.1 Å². The first-order valence-electron chi connectivity index (χ1n) is 13.3. The molecule has 0 saturated carbocycles. The fourth-order valence-electron chi connectivity index (χ4n) is 5.11. The van der Waals surface area contributed by atoms with Crippen LogP contribution < -0.4 is 10.6 Å². The maximum absolute atomic E-state index is 13.8. The Balaban J connectivity index is 1.35. The number of carbonyl (C=O) groups excluding carboxylic acids is 3. The second kappa shape index (κ2) is 12.0. The van der Waals surface area contributed by atoms with E-state index >= 15 is 0 Å². The van der Waals surface area contributed by atoms with Crippen molar-refractivity contribution in [3.05, 3.63) is 88.1 Å². The molecule has 1 aromatic heterocycles. The summed E-state index contributed by atoms with van der Waals surface area (Å²) in [5.41, 5.74) is 3.15. The number of halogens is 1. The van der Waals surface area contributed by atoms with Crippen LogP contribution in [0.1, 0.15) is 57.5 Å². The van der Waals surface area contributed by atoms with Crippen LogP contribution in [0.2, 0.25) is 5.02 Å². The van der Waals surface area contributed by atoms with E-state index in [0.717, 1.165) is 43.6 Å². The van der Waals surface area contributed by atoms with Crippen molar-refractivity contribution in [2.24, 2.45) is 0 Å². The number of hydrogen-bond donors (Lipinski definition) is 2. The molecule has 39 heavy (non-hydrogen) atoms. The summed E-state index contributed by atoms with van der Waals surface area (Å²) in [6.45, 7) is 4.94. The molecular weight excluding hydrogens is 514 g/mol. The number of anilines is 2. The first-order chi connectivity index (χ1) is 18.9. The predicted molar refractivity (Wildman–Crippen MR) is 152 cm³/mol. The van der Waals surface area contributed by atoms with Gasteiger partial charge in [-0.25, -0.2) is 4.98 Å². The van der Waals surface area contributed by atoms with E-state index in [9.17, 15) is 14.4 Å². The summed E-state index contributed by atoms with van der Waals surface area (Å²) < 4.78 is 0. The fraction of sp³-hybridized carbons (Fsp3) is 0.333. The molecule has 0 bridgehead atoms. The van der Waals surface area contributed by atoms with Gasteiger partial charge in [-0.05, 0) is 86.8 Å². The van der Waals surface area contributed by atoms with E-state index in [4.69, 9.17) is 11.6 Å². The predicted octanol–water partition coefficient (Wildman–Crippen LogP) is 5.13. The summed E-state index contributed by atoms with van der Waals surface area (Å²) in [6.07, 6.45) is 5.77. The number of hydrogen-bond acceptors (Lipinski definition) is 5. The molecule has 5 rings (SSSR count). The summed E-state index contributed by atoms with van der Waals surface area (Å²) in [6, 6.07) is 15.0. The number of piperidine rings is 1. The minimum atomic E-state index is -0.638. The maximum Gasteiger partial charge on any atom is 0.256 e. The topological polar surface area (TPSA) is 94.6 Å². The minimum absolute atomic E-state index is 0.219. The number of benzene rings is 2. The van der Waals surface area contributed by atoms with Crippen LogP contribution in [0.5, 0.6) is 0 Å². The molecule has 1 saturated heterocycles. The summed E-state index contributed by atoms with van der Waals surface area (Å²) in [7, 11) is 0. The highest BCUT2D eigenvalue weighted by Gasteiger charge is 2.35. The number of pyridine rings is 1. The molecule has 1 unspecified atom stereocenters. The molecule has 2 aliphatic heterocycles. The molecule has 2 N–H and O–H groups in total. The highest BCUT2D eigenvalue weighted by molar-refractivity contribution is 6.31. The van der Waals surface area contributed by atoms with Crippen molar-refractivity contribution in [1.82, 2.24) is 14.8 Å². The summed E-state index contributed by atoms with van der Waals surface area (Å²) in [5, 5.41) is 6.18.